The first-order valence-corrected chi connectivity index (χ1v) is 7.62. The number of hydrogen-bond acceptors (Lipinski definition) is 7. The van der Waals surface area contributed by atoms with Gasteiger partial charge in [0.2, 0.25) is 0 Å². The summed E-state index contributed by atoms with van der Waals surface area (Å²) in [5, 5.41) is 26.1. The molecule has 2 aromatic rings. The molecule has 5 N–H and O–H groups in total. The van der Waals surface area contributed by atoms with Crippen LogP contribution in [0.5, 0.6) is 0 Å². The molecule has 1 amide bonds. The van der Waals surface area contributed by atoms with Gasteiger partial charge >= 0.3 is 0 Å². The highest BCUT2D eigenvalue weighted by Crippen LogP contribution is 2.31. The van der Waals surface area contributed by atoms with E-state index in [1.807, 2.05) is 6.07 Å². The number of nitro groups is 1. The molecule has 9 nitrogen and oxygen atoms in total. The summed E-state index contributed by atoms with van der Waals surface area (Å²) in [5.74, 6) is -0.765. The molecule has 0 spiro atoms. The van der Waals surface area contributed by atoms with Crippen molar-refractivity contribution in [1.82, 2.24) is 4.98 Å². The molecular formula is C16H19N5O4. The zero-order valence-corrected chi connectivity index (χ0v) is 13.4. The van der Waals surface area contributed by atoms with Gasteiger partial charge in [0.1, 0.15) is 5.69 Å². The number of aromatic nitrogens is 1. The van der Waals surface area contributed by atoms with Crippen molar-refractivity contribution in [3.8, 4) is 0 Å². The van der Waals surface area contributed by atoms with Crippen molar-refractivity contribution in [3.63, 3.8) is 0 Å². The minimum Gasteiger partial charge on any atom is -0.396 e. The normalized spacial score (nSPS) is 10.3. The molecule has 0 aliphatic carbocycles. The number of primary amides is 1. The number of aliphatic hydroxyl groups is 1. The van der Waals surface area contributed by atoms with Gasteiger partial charge in [-0.15, -0.1) is 0 Å². The second-order valence-corrected chi connectivity index (χ2v) is 5.26. The van der Waals surface area contributed by atoms with Crippen LogP contribution in [0.4, 0.5) is 17.1 Å². The number of amides is 1. The van der Waals surface area contributed by atoms with E-state index in [-0.39, 0.29) is 23.5 Å². The molecule has 0 saturated heterocycles. The highest BCUT2D eigenvalue weighted by atomic mass is 16.6. The Labute approximate surface area is 144 Å². The summed E-state index contributed by atoms with van der Waals surface area (Å²) in [4.78, 5) is 26.3. The number of aliphatic hydroxyl groups excluding tert-OH is 1. The molecule has 1 heterocycles. The minimum absolute atomic E-state index is 0.0308. The van der Waals surface area contributed by atoms with Crippen LogP contribution in [0.1, 0.15) is 22.3 Å². The summed E-state index contributed by atoms with van der Waals surface area (Å²) in [6.07, 6.45) is 3.75. The first-order valence-electron chi connectivity index (χ1n) is 7.62. The van der Waals surface area contributed by atoms with Crippen LogP contribution in [0, 0.1) is 10.1 Å². The Hall–Kier alpha value is -3.20. The molecule has 1 aromatic carbocycles. The van der Waals surface area contributed by atoms with Gasteiger partial charge in [-0.2, -0.15) is 0 Å². The molecule has 2 rings (SSSR count). The van der Waals surface area contributed by atoms with Crippen molar-refractivity contribution in [3.05, 3.63) is 57.9 Å². The molecule has 0 atom stereocenters. The third-order valence-corrected chi connectivity index (χ3v) is 3.45. The molecule has 0 aliphatic rings. The number of pyridine rings is 1. The van der Waals surface area contributed by atoms with Gasteiger partial charge in [-0.1, -0.05) is 6.07 Å². The van der Waals surface area contributed by atoms with Crippen LogP contribution >= 0.6 is 0 Å². The van der Waals surface area contributed by atoms with Gasteiger partial charge in [0.15, 0.2) is 0 Å². The Morgan fingerprint density at radius 3 is 2.72 bits per heavy atom. The summed E-state index contributed by atoms with van der Waals surface area (Å²) in [6.45, 7) is 0.698. The maximum atomic E-state index is 11.7. The van der Waals surface area contributed by atoms with Gasteiger partial charge in [-0.25, -0.2) is 0 Å². The first kappa shape index (κ1) is 18.1. The quantitative estimate of drug-likeness (QED) is 0.306. The molecule has 0 aliphatic heterocycles. The second kappa shape index (κ2) is 8.60. The zero-order chi connectivity index (χ0) is 18.2. The van der Waals surface area contributed by atoms with E-state index in [4.69, 9.17) is 10.8 Å². The number of nitrogens with zero attached hydrogens (tertiary/aromatic N) is 2. The number of anilines is 2. The van der Waals surface area contributed by atoms with Crippen molar-refractivity contribution < 1.29 is 14.8 Å². The Morgan fingerprint density at radius 1 is 1.32 bits per heavy atom. The van der Waals surface area contributed by atoms with E-state index in [0.717, 1.165) is 11.6 Å². The van der Waals surface area contributed by atoms with E-state index in [9.17, 15) is 14.9 Å². The van der Waals surface area contributed by atoms with Crippen molar-refractivity contribution in [2.45, 2.75) is 13.0 Å². The summed E-state index contributed by atoms with van der Waals surface area (Å²) in [7, 11) is 0. The minimum atomic E-state index is -0.765. The van der Waals surface area contributed by atoms with Crippen LogP contribution in [-0.2, 0) is 6.54 Å². The monoisotopic (exact) mass is 345 g/mol. The van der Waals surface area contributed by atoms with E-state index in [1.165, 1.54) is 6.07 Å². The maximum Gasteiger partial charge on any atom is 0.293 e. The number of carbonyl (C=O) groups excluding carboxylic acids is 1. The van der Waals surface area contributed by atoms with Gasteiger partial charge in [0, 0.05) is 43.8 Å². The van der Waals surface area contributed by atoms with E-state index < -0.39 is 10.8 Å². The molecule has 0 saturated carbocycles. The number of nitrogens with one attached hydrogen (secondary N) is 2. The van der Waals surface area contributed by atoms with E-state index in [2.05, 4.69) is 15.6 Å². The third-order valence-electron chi connectivity index (χ3n) is 3.45. The van der Waals surface area contributed by atoms with Crippen LogP contribution in [0.3, 0.4) is 0 Å². The molecule has 0 fully saturated rings. The zero-order valence-electron chi connectivity index (χ0n) is 13.4. The standard InChI is InChI=1S/C16H19N5O4/c17-16(23)12-7-15(21(24)25)14(19-5-2-6-22)8-13(12)20-10-11-3-1-4-18-9-11/h1,3-4,7-9,19-20,22H,2,5-6,10H2,(H2,17,23). The van der Waals surface area contributed by atoms with Crippen LogP contribution in [0.15, 0.2) is 36.7 Å². The topological polar surface area (TPSA) is 143 Å². The van der Waals surface area contributed by atoms with Gasteiger partial charge in [0.25, 0.3) is 11.6 Å². The van der Waals surface area contributed by atoms with Crippen LogP contribution in [-0.4, -0.2) is 34.1 Å². The number of hydrogen-bond donors (Lipinski definition) is 4. The largest absolute Gasteiger partial charge is 0.396 e. The van der Waals surface area contributed by atoms with Crippen LogP contribution < -0.4 is 16.4 Å². The van der Waals surface area contributed by atoms with Crippen molar-refractivity contribution in [2.24, 2.45) is 5.73 Å². The van der Waals surface area contributed by atoms with Crippen molar-refractivity contribution in [1.29, 1.82) is 0 Å². The van der Waals surface area contributed by atoms with Crippen LogP contribution in [0.25, 0.3) is 0 Å². The second-order valence-electron chi connectivity index (χ2n) is 5.26. The lowest BCUT2D eigenvalue weighted by atomic mass is 10.1. The van der Waals surface area contributed by atoms with Gasteiger partial charge in [-0.3, -0.25) is 19.9 Å². The lowest BCUT2D eigenvalue weighted by molar-refractivity contribution is -0.384. The van der Waals surface area contributed by atoms with Gasteiger partial charge in [-0.05, 0) is 24.1 Å². The number of nitrogens with two attached hydrogens (primary N) is 1. The fraction of sp³-hybridized carbons (Fsp3) is 0.250. The van der Waals surface area contributed by atoms with E-state index in [1.54, 1.807) is 18.5 Å². The first-order chi connectivity index (χ1) is 12.0. The molecule has 1 aromatic heterocycles. The lowest BCUT2D eigenvalue weighted by Gasteiger charge is -2.14. The van der Waals surface area contributed by atoms with E-state index >= 15 is 0 Å². The number of nitro benzene ring substituents is 1. The highest BCUT2D eigenvalue weighted by Gasteiger charge is 2.20. The fourth-order valence-corrected chi connectivity index (χ4v) is 2.23. The Kier molecular flexibility index (Phi) is 6.24. The van der Waals surface area contributed by atoms with Crippen molar-refractivity contribution >= 4 is 23.0 Å². The molecule has 0 bridgehead atoms. The highest BCUT2D eigenvalue weighted by molar-refractivity contribution is 6.00. The Balaban J connectivity index is 2.32. The fourth-order valence-electron chi connectivity index (χ4n) is 2.23. The van der Waals surface area contributed by atoms with Gasteiger partial charge < -0.3 is 21.5 Å². The molecule has 25 heavy (non-hydrogen) atoms. The summed E-state index contributed by atoms with van der Waals surface area (Å²) < 4.78 is 0. The molecular weight excluding hydrogens is 326 g/mol. The van der Waals surface area contributed by atoms with Gasteiger partial charge in [0.05, 0.1) is 10.5 Å². The smallest absolute Gasteiger partial charge is 0.293 e. The summed E-state index contributed by atoms with van der Waals surface area (Å²) >= 11 is 0. The van der Waals surface area contributed by atoms with Crippen molar-refractivity contribution in [2.75, 3.05) is 23.8 Å². The van der Waals surface area contributed by atoms with E-state index in [0.29, 0.717) is 25.2 Å². The lowest BCUT2D eigenvalue weighted by Crippen LogP contribution is -2.16. The van der Waals surface area contributed by atoms with Crippen LogP contribution in [0.2, 0.25) is 0 Å². The number of carbonyl (C=O) groups is 1. The number of rotatable bonds is 9. The molecule has 132 valence electrons. The average molecular weight is 345 g/mol. The maximum absolute atomic E-state index is 11.7. The Morgan fingerprint density at radius 2 is 2.12 bits per heavy atom. The summed E-state index contributed by atoms with van der Waals surface area (Å²) in [5.41, 5.74) is 6.65. The molecule has 0 unspecified atom stereocenters. The SMILES string of the molecule is NC(=O)c1cc([N+](=O)[O-])c(NCCCO)cc1NCc1cccnc1. The molecule has 0 radical (unpaired) electrons. The third kappa shape index (κ3) is 4.88. The molecule has 9 heteroatoms. The summed E-state index contributed by atoms with van der Waals surface area (Å²) in [6, 6.07) is 6.26. The predicted octanol–water partition coefficient (Wildman–Crippen LogP) is 1.50. The predicted molar refractivity (Wildman–Crippen MR) is 93.4 cm³/mol. The number of benzene rings is 1. The Bertz CT molecular complexity index is 752. The average Bonchev–Trinajstić information content (AvgIpc) is 2.60.